The highest BCUT2D eigenvalue weighted by Gasteiger charge is 2.32. The van der Waals surface area contributed by atoms with Crippen LogP contribution in [0, 0.1) is 0 Å². The number of aryl methyl sites for hydroxylation is 1. The molecule has 1 rings (SSSR count). The molecule has 0 aromatic carbocycles. The molecule has 0 amide bonds. The molecule has 92 valence electrons. The van der Waals surface area contributed by atoms with Crippen molar-refractivity contribution in [2.24, 2.45) is 7.05 Å². The number of hydrogen-bond acceptors (Lipinski definition) is 3. The summed E-state index contributed by atoms with van der Waals surface area (Å²) < 4.78 is 7.62. The predicted octanol–water partition coefficient (Wildman–Crippen LogP) is 1.89. The third-order valence-corrected chi connectivity index (χ3v) is 2.65. The molecule has 0 spiro atoms. The SMILES string of the molecule is CCNC(c1ccn(C)n1)C(C)(C)OCC. The fourth-order valence-corrected chi connectivity index (χ4v) is 1.95. The van der Waals surface area contributed by atoms with Crippen LogP contribution in [0.15, 0.2) is 12.3 Å². The van der Waals surface area contributed by atoms with Gasteiger partial charge >= 0.3 is 0 Å². The molecule has 0 saturated heterocycles. The van der Waals surface area contributed by atoms with Gasteiger partial charge in [-0.1, -0.05) is 6.92 Å². The molecule has 1 atom stereocenters. The second kappa shape index (κ2) is 5.46. The lowest BCUT2D eigenvalue weighted by Gasteiger charge is -2.33. The van der Waals surface area contributed by atoms with E-state index < -0.39 is 0 Å². The van der Waals surface area contributed by atoms with E-state index in [0.717, 1.165) is 12.2 Å². The van der Waals surface area contributed by atoms with Crippen molar-refractivity contribution in [3.05, 3.63) is 18.0 Å². The molecule has 1 aromatic heterocycles. The molecule has 1 aromatic rings. The van der Waals surface area contributed by atoms with Crippen molar-refractivity contribution >= 4 is 0 Å². The largest absolute Gasteiger partial charge is 0.374 e. The third-order valence-electron chi connectivity index (χ3n) is 2.65. The summed E-state index contributed by atoms with van der Waals surface area (Å²) in [5.41, 5.74) is 0.779. The van der Waals surface area contributed by atoms with Crippen LogP contribution in [-0.4, -0.2) is 28.5 Å². The first kappa shape index (κ1) is 13.2. The third kappa shape index (κ3) is 3.06. The summed E-state index contributed by atoms with van der Waals surface area (Å²) in [4.78, 5) is 0. The molecule has 0 radical (unpaired) electrons. The van der Waals surface area contributed by atoms with Gasteiger partial charge in [0.1, 0.15) is 0 Å². The lowest BCUT2D eigenvalue weighted by Crippen LogP contribution is -2.41. The van der Waals surface area contributed by atoms with Gasteiger partial charge in [0.05, 0.1) is 17.3 Å². The van der Waals surface area contributed by atoms with E-state index in [2.05, 4.69) is 31.2 Å². The van der Waals surface area contributed by atoms with Crippen LogP contribution in [0.5, 0.6) is 0 Å². The van der Waals surface area contributed by atoms with Crippen LogP contribution in [0.1, 0.15) is 39.4 Å². The Morgan fingerprint density at radius 1 is 1.50 bits per heavy atom. The average Bonchev–Trinajstić information content (AvgIpc) is 2.60. The number of ether oxygens (including phenoxy) is 1. The zero-order valence-electron chi connectivity index (χ0n) is 10.9. The maximum atomic E-state index is 5.80. The summed E-state index contributed by atoms with van der Waals surface area (Å²) in [6, 6.07) is 2.16. The fraction of sp³-hybridized carbons (Fsp3) is 0.750. The fourth-order valence-electron chi connectivity index (χ4n) is 1.95. The Morgan fingerprint density at radius 2 is 2.19 bits per heavy atom. The van der Waals surface area contributed by atoms with Crippen molar-refractivity contribution in [3.63, 3.8) is 0 Å². The van der Waals surface area contributed by atoms with Crippen molar-refractivity contribution in [2.45, 2.75) is 39.3 Å². The van der Waals surface area contributed by atoms with E-state index in [1.807, 2.05) is 30.9 Å². The Hall–Kier alpha value is -0.870. The Kier molecular flexibility index (Phi) is 4.50. The first-order chi connectivity index (χ1) is 7.51. The molecule has 0 saturated carbocycles. The summed E-state index contributed by atoms with van der Waals surface area (Å²) in [6.45, 7) is 9.91. The van der Waals surface area contributed by atoms with Crippen LogP contribution in [0.2, 0.25) is 0 Å². The Morgan fingerprint density at radius 3 is 2.62 bits per heavy atom. The minimum atomic E-state index is -0.251. The molecule has 4 heteroatoms. The van der Waals surface area contributed by atoms with Crippen LogP contribution in [0.25, 0.3) is 0 Å². The van der Waals surface area contributed by atoms with Gasteiger partial charge in [0, 0.05) is 19.9 Å². The maximum absolute atomic E-state index is 5.80. The van der Waals surface area contributed by atoms with E-state index >= 15 is 0 Å². The van der Waals surface area contributed by atoms with E-state index in [1.165, 1.54) is 0 Å². The normalized spacial score (nSPS) is 14.1. The molecule has 0 aliphatic rings. The zero-order chi connectivity index (χ0) is 12.2. The first-order valence-corrected chi connectivity index (χ1v) is 5.88. The van der Waals surface area contributed by atoms with Crippen molar-refractivity contribution in [2.75, 3.05) is 13.2 Å². The molecule has 1 heterocycles. The van der Waals surface area contributed by atoms with Crippen molar-refractivity contribution in [1.82, 2.24) is 15.1 Å². The number of likely N-dealkylation sites (N-methyl/N-ethyl adjacent to an activating group) is 1. The number of aromatic nitrogens is 2. The number of hydrogen-bond donors (Lipinski definition) is 1. The Balaban J connectivity index is 2.89. The first-order valence-electron chi connectivity index (χ1n) is 5.88. The summed E-state index contributed by atoms with van der Waals surface area (Å²) in [5, 5.41) is 7.89. The molecule has 4 nitrogen and oxygen atoms in total. The van der Waals surface area contributed by atoms with Gasteiger partial charge in [-0.05, 0) is 33.4 Å². The maximum Gasteiger partial charge on any atom is 0.0836 e. The molecule has 0 aliphatic carbocycles. The number of nitrogens with one attached hydrogen (secondary N) is 1. The predicted molar refractivity (Wildman–Crippen MR) is 65.3 cm³/mol. The highest BCUT2D eigenvalue weighted by Crippen LogP contribution is 2.27. The van der Waals surface area contributed by atoms with Gasteiger partial charge in [-0.15, -0.1) is 0 Å². The lowest BCUT2D eigenvalue weighted by atomic mass is 9.95. The summed E-state index contributed by atoms with van der Waals surface area (Å²) in [6.07, 6.45) is 1.96. The van der Waals surface area contributed by atoms with Gasteiger partial charge in [0.15, 0.2) is 0 Å². The molecule has 1 unspecified atom stereocenters. The van der Waals surface area contributed by atoms with Crippen molar-refractivity contribution in [3.8, 4) is 0 Å². The minimum Gasteiger partial charge on any atom is -0.374 e. The Bertz CT molecular complexity index is 320. The molecule has 0 bridgehead atoms. The second-order valence-electron chi connectivity index (χ2n) is 4.44. The van der Waals surface area contributed by atoms with Crippen LogP contribution in [0.4, 0.5) is 0 Å². The van der Waals surface area contributed by atoms with Crippen molar-refractivity contribution in [1.29, 1.82) is 0 Å². The summed E-state index contributed by atoms with van der Waals surface area (Å²) in [7, 11) is 1.93. The van der Waals surface area contributed by atoms with Gasteiger partial charge in [0.2, 0.25) is 0 Å². The summed E-state index contributed by atoms with van der Waals surface area (Å²) >= 11 is 0. The zero-order valence-corrected chi connectivity index (χ0v) is 10.9. The van der Waals surface area contributed by atoms with E-state index in [9.17, 15) is 0 Å². The van der Waals surface area contributed by atoms with Gasteiger partial charge in [-0.25, -0.2) is 0 Å². The van der Waals surface area contributed by atoms with Crippen LogP contribution in [0.3, 0.4) is 0 Å². The lowest BCUT2D eigenvalue weighted by molar-refractivity contribution is -0.0399. The van der Waals surface area contributed by atoms with Crippen LogP contribution >= 0.6 is 0 Å². The molecule has 0 fully saturated rings. The topological polar surface area (TPSA) is 39.1 Å². The van der Waals surface area contributed by atoms with E-state index in [4.69, 9.17) is 4.74 Å². The van der Waals surface area contributed by atoms with E-state index in [1.54, 1.807) is 0 Å². The summed E-state index contributed by atoms with van der Waals surface area (Å²) in [5.74, 6) is 0. The molecular weight excluding hydrogens is 202 g/mol. The standard InChI is InChI=1S/C12H23N3O/c1-6-13-11(12(3,4)16-7-2)10-8-9-15(5)14-10/h8-9,11,13H,6-7H2,1-5H3. The van der Waals surface area contributed by atoms with Crippen LogP contribution < -0.4 is 5.32 Å². The molecular formula is C12H23N3O. The highest BCUT2D eigenvalue weighted by atomic mass is 16.5. The highest BCUT2D eigenvalue weighted by molar-refractivity contribution is 5.10. The number of rotatable bonds is 6. The Labute approximate surface area is 98.0 Å². The molecule has 1 N–H and O–H groups in total. The van der Waals surface area contributed by atoms with Gasteiger partial charge in [0.25, 0.3) is 0 Å². The van der Waals surface area contributed by atoms with Crippen molar-refractivity contribution < 1.29 is 4.74 Å². The molecule has 0 aliphatic heterocycles. The van der Waals surface area contributed by atoms with Gasteiger partial charge in [-0.3, -0.25) is 4.68 Å². The van der Waals surface area contributed by atoms with E-state index in [-0.39, 0.29) is 11.6 Å². The number of nitrogens with zero attached hydrogens (tertiary/aromatic N) is 2. The molecule has 16 heavy (non-hydrogen) atoms. The average molecular weight is 225 g/mol. The van der Waals surface area contributed by atoms with Gasteiger partial charge < -0.3 is 10.1 Å². The van der Waals surface area contributed by atoms with E-state index in [0.29, 0.717) is 6.61 Å². The minimum absolute atomic E-state index is 0.124. The monoisotopic (exact) mass is 225 g/mol. The smallest absolute Gasteiger partial charge is 0.0836 e. The second-order valence-corrected chi connectivity index (χ2v) is 4.44. The quantitative estimate of drug-likeness (QED) is 0.803. The van der Waals surface area contributed by atoms with Gasteiger partial charge in [-0.2, -0.15) is 5.10 Å². The van der Waals surface area contributed by atoms with Crippen LogP contribution in [-0.2, 0) is 11.8 Å².